The fourth-order valence-electron chi connectivity index (χ4n) is 1.99. The van der Waals surface area contributed by atoms with Crippen molar-refractivity contribution >= 4 is 40.7 Å². The number of carbonyl (C=O) groups excluding carboxylic acids is 1. The van der Waals surface area contributed by atoms with E-state index < -0.39 is 5.54 Å². The van der Waals surface area contributed by atoms with Crippen molar-refractivity contribution in [1.82, 2.24) is 5.32 Å². The number of nitrogens with one attached hydrogen (secondary N) is 1. The van der Waals surface area contributed by atoms with Crippen molar-refractivity contribution in [2.24, 2.45) is 0 Å². The van der Waals surface area contributed by atoms with Crippen molar-refractivity contribution in [2.75, 3.05) is 5.88 Å². The lowest BCUT2D eigenvalue weighted by Gasteiger charge is -2.29. The second-order valence-electron chi connectivity index (χ2n) is 4.89. The molecular formula is C16H14Cl3NO. The minimum absolute atomic E-state index is 0.237. The average Bonchev–Trinajstić information content (AvgIpc) is 2.50. The van der Waals surface area contributed by atoms with E-state index >= 15 is 0 Å². The maximum atomic E-state index is 12.5. The smallest absolute Gasteiger partial charge is 0.253 e. The number of carbonyl (C=O) groups is 1. The van der Waals surface area contributed by atoms with E-state index in [1.165, 1.54) is 0 Å². The van der Waals surface area contributed by atoms with Crippen molar-refractivity contribution in [1.29, 1.82) is 0 Å². The maximum Gasteiger partial charge on any atom is 0.253 e. The zero-order valence-corrected chi connectivity index (χ0v) is 13.6. The molecule has 1 unspecified atom stereocenters. The first-order valence-electron chi connectivity index (χ1n) is 6.36. The van der Waals surface area contributed by atoms with E-state index in [0.717, 1.165) is 5.56 Å². The molecule has 0 heterocycles. The molecule has 5 heteroatoms. The van der Waals surface area contributed by atoms with Crippen LogP contribution >= 0.6 is 34.8 Å². The van der Waals surface area contributed by atoms with E-state index in [9.17, 15) is 4.79 Å². The fraction of sp³-hybridized carbons (Fsp3) is 0.188. The highest BCUT2D eigenvalue weighted by molar-refractivity contribution is 6.43. The average molecular weight is 343 g/mol. The Balaban J connectivity index is 2.30. The molecule has 2 rings (SSSR count). The topological polar surface area (TPSA) is 29.1 Å². The number of hydrogen-bond donors (Lipinski definition) is 1. The van der Waals surface area contributed by atoms with Gasteiger partial charge in [0.1, 0.15) is 0 Å². The normalized spacial score (nSPS) is 13.5. The number of halogens is 3. The van der Waals surface area contributed by atoms with Crippen molar-refractivity contribution in [3.63, 3.8) is 0 Å². The van der Waals surface area contributed by atoms with Crippen LogP contribution in [0.15, 0.2) is 48.5 Å². The SMILES string of the molecule is CC(CCl)(NC(=O)c1cccc(Cl)c1Cl)c1ccccc1. The van der Waals surface area contributed by atoms with E-state index in [0.29, 0.717) is 10.6 Å². The molecule has 0 aromatic heterocycles. The Hall–Kier alpha value is -1.22. The van der Waals surface area contributed by atoms with Gasteiger partial charge in [0, 0.05) is 5.88 Å². The van der Waals surface area contributed by atoms with Crippen LogP contribution in [0.3, 0.4) is 0 Å². The number of hydrogen-bond acceptors (Lipinski definition) is 1. The van der Waals surface area contributed by atoms with Crippen LogP contribution in [0.4, 0.5) is 0 Å². The van der Waals surface area contributed by atoms with Crippen molar-refractivity contribution in [3.8, 4) is 0 Å². The maximum absolute atomic E-state index is 12.5. The lowest BCUT2D eigenvalue weighted by Crippen LogP contribution is -2.45. The first-order valence-corrected chi connectivity index (χ1v) is 7.65. The van der Waals surface area contributed by atoms with Crippen molar-refractivity contribution in [2.45, 2.75) is 12.5 Å². The van der Waals surface area contributed by atoms with Crippen LogP contribution in [0.2, 0.25) is 10.0 Å². The molecule has 1 N–H and O–H groups in total. The van der Waals surface area contributed by atoms with Gasteiger partial charge in [0.2, 0.25) is 0 Å². The molecule has 1 atom stereocenters. The summed E-state index contributed by atoms with van der Waals surface area (Å²) < 4.78 is 0. The predicted octanol–water partition coefficient (Wildman–Crippen LogP) is 4.88. The largest absolute Gasteiger partial charge is 0.342 e. The Morgan fingerprint density at radius 3 is 2.38 bits per heavy atom. The summed E-state index contributed by atoms with van der Waals surface area (Å²) in [6.07, 6.45) is 0. The second kappa shape index (κ2) is 6.69. The Morgan fingerprint density at radius 2 is 1.76 bits per heavy atom. The van der Waals surface area contributed by atoms with Crippen molar-refractivity contribution in [3.05, 3.63) is 69.7 Å². The quantitative estimate of drug-likeness (QED) is 0.788. The van der Waals surface area contributed by atoms with Gasteiger partial charge < -0.3 is 5.32 Å². The van der Waals surface area contributed by atoms with E-state index in [1.54, 1.807) is 18.2 Å². The van der Waals surface area contributed by atoms with Crippen LogP contribution in [0.1, 0.15) is 22.8 Å². The molecule has 0 saturated heterocycles. The van der Waals surface area contributed by atoms with Crippen LogP contribution in [-0.4, -0.2) is 11.8 Å². The third-order valence-corrected chi connectivity index (χ3v) is 4.62. The third-order valence-electron chi connectivity index (χ3n) is 3.26. The molecule has 110 valence electrons. The molecular weight excluding hydrogens is 329 g/mol. The molecule has 0 radical (unpaired) electrons. The van der Waals surface area contributed by atoms with Gasteiger partial charge in [-0.15, -0.1) is 11.6 Å². The number of rotatable bonds is 4. The van der Waals surface area contributed by atoms with Gasteiger partial charge in [-0.05, 0) is 24.6 Å². The van der Waals surface area contributed by atoms with Crippen molar-refractivity contribution < 1.29 is 4.79 Å². The van der Waals surface area contributed by atoms with Gasteiger partial charge in [-0.25, -0.2) is 0 Å². The first kappa shape index (κ1) is 16.2. The molecule has 2 aromatic rings. The number of amides is 1. The summed E-state index contributed by atoms with van der Waals surface area (Å²) in [6.45, 7) is 1.87. The molecule has 0 aliphatic heterocycles. The second-order valence-corrected chi connectivity index (χ2v) is 5.94. The Kier molecular flexibility index (Phi) is 5.15. The first-order chi connectivity index (χ1) is 9.98. The number of benzene rings is 2. The summed E-state index contributed by atoms with van der Waals surface area (Å²) in [4.78, 5) is 12.5. The van der Waals surface area contributed by atoms with Gasteiger partial charge in [-0.3, -0.25) is 4.79 Å². The molecule has 0 aliphatic rings. The molecule has 1 amide bonds. The molecule has 0 spiro atoms. The van der Waals surface area contributed by atoms with Crippen LogP contribution in [0.5, 0.6) is 0 Å². The predicted molar refractivity (Wildman–Crippen MR) is 88.4 cm³/mol. The lowest BCUT2D eigenvalue weighted by molar-refractivity contribution is 0.0913. The molecule has 0 bridgehead atoms. The Labute approximate surface area is 139 Å². The van der Waals surface area contributed by atoms with Gasteiger partial charge in [0.15, 0.2) is 0 Å². The molecule has 0 fully saturated rings. The molecule has 0 saturated carbocycles. The minimum Gasteiger partial charge on any atom is -0.342 e. The van der Waals surface area contributed by atoms with Gasteiger partial charge in [-0.2, -0.15) is 0 Å². The van der Waals surface area contributed by atoms with Gasteiger partial charge >= 0.3 is 0 Å². The summed E-state index contributed by atoms with van der Waals surface area (Å²) in [6, 6.07) is 14.5. The Morgan fingerprint density at radius 1 is 1.10 bits per heavy atom. The van der Waals surface area contributed by atoms with E-state index in [4.69, 9.17) is 34.8 Å². The summed E-state index contributed by atoms with van der Waals surface area (Å²) in [5.41, 5.74) is 0.564. The zero-order chi connectivity index (χ0) is 15.5. The summed E-state index contributed by atoms with van der Waals surface area (Å²) >= 11 is 18.1. The van der Waals surface area contributed by atoms with Crippen LogP contribution < -0.4 is 5.32 Å². The van der Waals surface area contributed by atoms with Crippen LogP contribution in [0, 0.1) is 0 Å². The standard InChI is InChI=1S/C16H14Cl3NO/c1-16(10-17,11-6-3-2-4-7-11)20-15(21)12-8-5-9-13(18)14(12)19/h2-9H,10H2,1H3,(H,20,21). The van der Waals surface area contributed by atoms with E-state index in [-0.39, 0.29) is 16.8 Å². The van der Waals surface area contributed by atoms with Gasteiger partial charge in [0.05, 0.1) is 21.1 Å². The highest BCUT2D eigenvalue weighted by Gasteiger charge is 2.28. The van der Waals surface area contributed by atoms with E-state index in [1.807, 2.05) is 37.3 Å². The van der Waals surface area contributed by atoms with Gasteiger partial charge in [-0.1, -0.05) is 59.6 Å². The lowest BCUT2D eigenvalue weighted by atomic mass is 9.93. The highest BCUT2D eigenvalue weighted by atomic mass is 35.5. The summed E-state index contributed by atoms with van der Waals surface area (Å²) in [7, 11) is 0. The Bertz CT molecular complexity index is 645. The van der Waals surface area contributed by atoms with E-state index in [2.05, 4.69) is 5.32 Å². The molecule has 2 nitrogen and oxygen atoms in total. The fourth-order valence-corrected chi connectivity index (χ4v) is 2.59. The molecule has 21 heavy (non-hydrogen) atoms. The summed E-state index contributed by atoms with van der Waals surface area (Å²) in [5, 5.41) is 3.51. The minimum atomic E-state index is -0.689. The monoisotopic (exact) mass is 341 g/mol. The van der Waals surface area contributed by atoms with Crippen LogP contribution in [-0.2, 0) is 5.54 Å². The zero-order valence-electron chi connectivity index (χ0n) is 11.4. The third kappa shape index (κ3) is 3.52. The number of alkyl halides is 1. The molecule has 2 aromatic carbocycles. The van der Waals surface area contributed by atoms with Crippen LogP contribution in [0.25, 0.3) is 0 Å². The highest BCUT2D eigenvalue weighted by Crippen LogP contribution is 2.27. The van der Waals surface area contributed by atoms with Gasteiger partial charge in [0.25, 0.3) is 5.91 Å². The summed E-state index contributed by atoms with van der Waals surface area (Å²) in [5.74, 6) is -0.0736. The molecule has 0 aliphatic carbocycles.